The average molecular weight is 167 g/mol. The Balaban J connectivity index is 1.95. The molecule has 0 spiro atoms. The van der Waals surface area contributed by atoms with Crippen LogP contribution in [0.4, 0.5) is 0 Å². The highest BCUT2D eigenvalue weighted by molar-refractivity contribution is 5.05. The predicted molar refractivity (Wildman–Crippen MR) is 47.1 cm³/mol. The summed E-state index contributed by atoms with van der Waals surface area (Å²) in [7, 11) is 2.29. The zero-order chi connectivity index (χ0) is 8.34. The first-order valence-electron chi connectivity index (χ1n) is 5.06. The first-order chi connectivity index (χ1) is 5.66. The topological polar surface area (TPSA) is 12.5 Å². The molecule has 0 saturated carbocycles. The Morgan fingerprint density at radius 1 is 1.25 bits per heavy atom. The summed E-state index contributed by atoms with van der Waals surface area (Å²) >= 11 is 0. The number of rotatable bonds is 0. The van der Waals surface area contributed by atoms with Crippen LogP contribution in [-0.4, -0.2) is 35.7 Å². The fraction of sp³-hybridized carbons (Fsp3) is 1.00. The molecular formula is C10H17NO. The lowest BCUT2D eigenvalue weighted by molar-refractivity contribution is -0.225. The first-order valence-corrected chi connectivity index (χ1v) is 5.06. The molecule has 0 aromatic carbocycles. The van der Waals surface area contributed by atoms with Gasteiger partial charge in [0.1, 0.15) is 0 Å². The van der Waals surface area contributed by atoms with Gasteiger partial charge < -0.3 is 9.64 Å². The van der Waals surface area contributed by atoms with Gasteiger partial charge in [-0.15, -0.1) is 0 Å². The van der Waals surface area contributed by atoms with Crippen LogP contribution in [0.15, 0.2) is 0 Å². The molecule has 0 aliphatic carbocycles. The number of hydrogen-bond donors (Lipinski definition) is 0. The molecule has 4 saturated heterocycles. The molecule has 0 amide bonds. The Labute approximate surface area is 73.9 Å². The van der Waals surface area contributed by atoms with Crippen molar-refractivity contribution in [3.63, 3.8) is 0 Å². The van der Waals surface area contributed by atoms with Gasteiger partial charge in [0.05, 0.1) is 11.7 Å². The van der Waals surface area contributed by atoms with Gasteiger partial charge in [-0.25, -0.2) is 0 Å². The third kappa shape index (κ3) is 0.826. The molecule has 2 atom stereocenters. The first kappa shape index (κ1) is 7.34. The Bertz CT molecular complexity index is 200. The van der Waals surface area contributed by atoms with Crippen LogP contribution in [0.3, 0.4) is 0 Å². The third-order valence-electron chi connectivity index (χ3n) is 4.01. The predicted octanol–water partition coefficient (Wildman–Crippen LogP) is 1.40. The molecule has 2 heteroatoms. The summed E-state index contributed by atoms with van der Waals surface area (Å²) in [6.45, 7) is 2.30. The van der Waals surface area contributed by atoms with Crippen LogP contribution >= 0.6 is 0 Å². The summed E-state index contributed by atoms with van der Waals surface area (Å²) in [6.07, 6.45) is 5.67. The molecular weight excluding hydrogens is 150 g/mol. The Kier molecular flexibility index (Phi) is 1.25. The van der Waals surface area contributed by atoms with Crippen molar-refractivity contribution in [2.45, 2.75) is 56.4 Å². The molecule has 4 heterocycles. The molecule has 2 unspecified atom stereocenters. The van der Waals surface area contributed by atoms with Crippen molar-refractivity contribution < 1.29 is 4.74 Å². The standard InChI is InChI=1S/C10H17NO/c1-10-5-7-3-9(12-10)4-8(6-10)11(7)2/h7-9H,3-6H2,1-2H3. The summed E-state index contributed by atoms with van der Waals surface area (Å²) in [6, 6.07) is 1.64. The molecule has 68 valence electrons. The summed E-state index contributed by atoms with van der Waals surface area (Å²) in [5.74, 6) is 0. The molecule has 0 aromatic heterocycles. The van der Waals surface area contributed by atoms with Gasteiger partial charge in [-0.2, -0.15) is 0 Å². The third-order valence-corrected chi connectivity index (χ3v) is 4.01. The van der Waals surface area contributed by atoms with Gasteiger partial charge in [-0.3, -0.25) is 0 Å². The second kappa shape index (κ2) is 2.05. The van der Waals surface area contributed by atoms with E-state index in [2.05, 4.69) is 18.9 Å². The zero-order valence-electron chi connectivity index (χ0n) is 7.92. The van der Waals surface area contributed by atoms with Crippen LogP contribution in [0.2, 0.25) is 0 Å². The molecule has 4 aliphatic heterocycles. The molecule has 12 heavy (non-hydrogen) atoms. The largest absolute Gasteiger partial charge is 0.372 e. The molecule has 0 N–H and O–H groups in total. The van der Waals surface area contributed by atoms with Gasteiger partial charge >= 0.3 is 0 Å². The Hall–Kier alpha value is -0.0800. The fourth-order valence-electron chi connectivity index (χ4n) is 3.46. The zero-order valence-corrected chi connectivity index (χ0v) is 7.92. The summed E-state index contributed by atoms with van der Waals surface area (Å²) < 4.78 is 6.03. The van der Waals surface area contributed by atoms with Crippen LogP contribution in [0, 0.1) is 0 Å². The molecule has 4 rings (SSSR count). The Morgan fingerprint density at radius 2 is 1.83 bits per heavy atom. The van der Waals surface area contributed by atoms with Crippen molar-refractivity contribution in [2.75, 3.05) is 7.05 Å². The molecule has 0 aromatic rings. The van der Waals surface area contributed by atoms with Gasteiger partial charge in [0.25, 0.3) is 0 Å². The molecule has 2 nitrogen and oxygen atoms in total. The fourth-order valence-corrected chi connectivity index (χ4v) is 3.46. The summed E-state index contributed by atoms with van der Waals surface area (Å²) in [4.78, 5) is 2.58. The summed E-state index contributed by atoms with van der Waals surface area (Å²) in [5.41, 5.74) is 0.239. The monoisotopic (exact) mass is 167 g/mol. The molecule has 4 fully saturated rings. The van der Waals surface area contributed by atoms with E-state index in [0.29, 0.717) is 6.10 Å². The van der Waals surface area contributed by atoms with Crippen LogP contribution in [0.5, 0.6) is 0 Å². The minimum atomic E-state index is 0.239. The van der Waals surface area contributed by atoms with Crippen molar-refractivity contribution in [1.29, 1.82) is 0 Å². The number of piperidine rings is 2. The molecule has 4 bridgehead atoms. The van der Waals surface area contributed by atoms with Crippen LogP contribution < -0.4 is 0 Å². The van der Waals surface area contributed by atoms with E-state index in [9.17, 15) is 0 Å². The lowest BCUT2D eigenvalue weighted by atomic mass is 9.72. The van der Waals surface area contributed by atoms with E-state index in [-0.39, 0.29) is 5.60 Å². The minimum absolute atomic E-state index is 0.239. The highest BCUT2D eigenvalue weighted by Gasteiger charge is 2.51. The van der Waals surface area contributed by atoms with E-state index < -0.39 is 0 Å². The number of hydrogen-bond acceptors (Lipinski definition) is 2. The van der Waals surface area contributed by atoms with Gasteiger partial charge in [0, 0.05) is 12.1 Å². The van der Waals surface area contributed by atoms with E-state index in [1.165, 1.54) is 25.7 Å². The second-order valence-corrected chi connectivity index (χ2v) is 5.04. The van der Waals surface area contributed by atoms with Crippen molar-refractivity contribution in [3.05, 3.63) is 0 Å². The van der Waals surface area contributed by atoms with Crippen LogP contribution in [-0.2, 0) is 4.74 Å². The quantitative estimate of drug-likeness (QED) is 0.540. The van der Waals surface area contributed by atoms with E-state index in [1.54, 1.807) is 0 Å². The average Bonchev–Trinajstić information content (AvgIpc) is 1.96. The van der Waals surface area contributed by atoms with E-state index in [0.717, 1.165) is 12.1 Å². The van der Waals surface area contributed by atoms with Gasteiger partial charge in [-0.05, 0) is 39.7 Å². The highest BCUT2D eigenvalue weighted by atomic mass is 16.5. The van der Waals surface area contributed by atoms with E-state index >= 15 is 0 Å². The lowest BCUT2D eigenvalue weighted by Crippen LogP contribution is -2.65. The van der Waals surface area contributed by atoms with Gasteiger partial charge in [-0.1, -0.05) is 0 Å². The Morgan fingerprint density at radius 3 is 2.33 bits per heavy atom. The maximum absolute atomic E-state index is 6.03. The van der Waals surface area contributed by atoms with Gasteiger partial charge in [0.2, 0.25) is 0 Å². The second-order valence-electron chi connectivity index (χ2n) is 5.04. The summed E-state index contributed by atoms with van der Waals surface area (Å²) in [5, 5.41) is 0. The van der Waals surface area contributed by atoms with Crippen molar-refractivity contribution in [2.24, 2.45) is 0 Å². The van der Waals surface area contributed by atoms with Crippen LogP contribution in [0.1, 0.15) is 32.6 Å². The molecule has 0 radical (unpaired) electrons. The normalized spacial score (nSPS) is 58.0. The minimum Gasteiger partial charge on any atom is -0.372 e. The molecule has 4 aliphatic rings. The van der Waals surface area contributed by atoms with Gasteiger partial charge in [0.15, 0.2) is 0 Å². The van der Waals surface area contributed by atoms with Crippen molar-refractivity contribution in [3.8, 4) is 0 Å². The van der Waals surface area contributed by atoms with E-state index in [4.69, 9.17) is 4.74 Å². The SMILES string of the molecule is CN1C2CC3CC1CC(C)(C2)O3. The highest BCUT2D eigenvalue weighted by Crippen LogP contribution is 2.47. The van der Waals surface area contributed by atoms with Crippen molar-refractivity contribution >= 4 is 0 Å². The maximum atomic E-state index is 6.03. The number of ether oxygens (including phenoxy) is 1. The number of nitrogens with zero attached hydrogens (tertiary/aromatic N) is 1. The lowest BCUT2D eigenvalue weighted by Gasteiger charge is -2.59. The van der Waals surface area contributed by atoms with Crippen LogP contribution in [0.25, 0.3) is 0 Å². The van der Waals surface area contributed by atoms with Crippen molar-refractivity contribution in [1.82, 2.24) is 4.90 Å². The maximum Gasteiger partial charge on any atom is 0.0688 e. The van der Waals surface area contributed by atoms with E-state index in [1.807, 2.05) is 0 Å². The smallest absolute Gasteiger partial charge is 0.0688 e.